The molecule has 0 unspecified atom stereocenters. The van der Waals surface area contributed by atoms with Crippen molar-refractivity contribution in [1.82, 2.24) is 10.6 Å². The number of urea groups is 1. The van der Waals surface area contributed by atoms with Crippen LogP contribution in [0.15, 0.2) is 21.6 Å². The van der Waals surface area contributed by atoms with E-state index in [2.05, 4.69) is 54.1 Å². The molecule has 0 bridgehead atoms. The zero-order chi connectivity index (χ0) is 15.5. The summed E-state index contributed by atoms with van der Waals surface area (Å²) in [7, 11) is 0. The van der Waals surface area contributed by atoms with E-state index < -0.39 is 6.03 Å². The first-order valence-corrected chi connectivity index (χ1v) is 7.91. The number of hydrogen-bond donors (Lipinski definition) is 3. The van der Waals surface area contributed by atoms with E-state index >= 15 is 0 Å². The van der Waals surface area contributed by atoms with Crippen molar-refractivity contribution in [3.63, 3.8) is 0 Å². The molecule has 5 nitrogen and oxygen atoms in total. The summed E-state index contributed by atoms with van der Waals surface area (Å²) in [5, 5.41) is 5.62. The van der Waals surface area contributed by atoms with Crippen molar-refractivity contribution in [1.29, 1.82) is 0 Å². The maximum absolute atomic E-state index is 11.7. The number of aliphatic imine (C=N–C) groups is 1. The number of carbonyl (C=O) groups is 1. The number of rotatable bonds is 1. The maximum atomic E-state index is 11.7. The Kier molecular flexibility index (Phi) is 6.08. The lowest BCUT2D eigenvalue weighted by Gasteiger charge is -2.20. The number of amides is 2. The fraction of sp³-hybridized carbons (Fsp3) is 0.333. The fourth-order valence-electron chi connectivity index (χ4n) is 1.28. The predicted molar refractivity (Wildman–Crippen MR) is 94.6 cm³/mol. The number of nitrogens with two attached hydrogens (primary N) is 1. The molecule has 2 amide bonds. The van der Waals surface area contributed by atoms with Crippen LogP contribution in [0.2, 0.25) is 5.02 Å². The maximum Gasteiger partial charge on any atom is 0.321 e. The fourth-order valence-corrected chi connectivity index (χ4v) is 3.44. The molecule has 0 heterocycles. The number of nitrogens with one attached hydrogen (secondary N) is 2. The molecule has 8 heteroatoms. The molecule has 4 N–H and O–H groups in total. The van der Waals surface area contributed by atoms with E-state index in [1.165, 1.54) is 0 Å². The number of benzene rings is 1. The topological polar surface area (TPSA) is 79.5 Å². The molecular formula is C12H15BrClIN4O. The van der Waals surface area contributed by atoms with Gasteiger partial charge < -0.3 is 11.1 Å². The highest BCUT2D eigenvalue weighted by Crippen LogP contribution is 2.34. The van der Waals surface area contributed by atoms with Crippen LogP contribution >= 0.6 is 50.1 Å². The van der Waals surface area contributed by atoms with Crippen LogP contribution in [0.4, 0.5) is 10.5 Å². The standard InChI is InChI=1S/C12H15BrClIN4O/c1-12(2,3)19-11(20)18-10(16)17-9-7(13)4-6(15)5-8(9)14/h4-5H,1-3H3,(H4,16,17,18,19,20). The van der Waals surface area contributed by atoms with Crippen LogP contribution in [0, 0.1) is 3.57 Å². The van der Waals surface area contributed by atoms with Gasteiger partial charge in [-0.3, -0.25) is 5.32 Å². The summed E-state index contributed by atoms with van der Waals surface area (Å²) in [5.41, 5.74) is 5.82. The van der Waals surface area contributed by atoms with Gasteiger partial charge in [-0.05, 0) is 71.4 Å². The van der Waals surface area contributed by atoms with Gasteiger partial charge >= 0.3 is 6.03 Å². The minimum atomic E-state index is -0.420. The monoisotopic (exact) mass is 472 g/mol. The van der Waals surface area contributed by atoms with E-state index in [9.17, 15) is 4.79 Å². The molecular weight excluding hydrogens is 458 g/mol. The Bertz CT molecular complexity index is 534. The first-order valence-electron chi connectivity index (χ1n) is 5.66. The molecule has 0 aromatic heterocycles. The van der Waals surface area contributed by atoms with Crippen molar-refractivity contribution >= 4 is 67.8 Å². The molecule has 0 fully saturated rings. The summed E-state index contributed by atoms with van der Waals surface area (Å²) < 4.78 is 1.67. The number of guanidine groups is 1. The smallest absolute Gasteiger partial charge is 0.321 e. The van der Waals surface area contributed by atoms with Crippen molar-refractivity contribution in [2.45, 2.75) is 26.3 Å². The molecule has 0 spiro atoms. The Balaban J connectivity index is 2.87. The quantitative estimate of drug-likeness (QED) is 0.330. The minimum absolute atomic E-state index is 0.0319. The normalized spacial score (nSPS) is 12.2. The molecule has 0 aliphatic carbocycles. The van der Waals surface area contributed by atoms with Crippen LogP contribution in [0.5, 0.6) is 0 Å². The van der Waals surface area contributed by atoms with Gasteiger partial charge in [0.05, 0.1) is 10.7 Å². The average molecular weight is 474 g/mol. The van der Waals surface area contributed by atoms with Crippen LogP contribution in [-0.4, -0.2) is 17.5 Å². The molecule has 110 valence electrons. The zero-order valence-electron chi connectivity index (χ0n) is 11.2. The summed E-state index contributed by atoms with van der Waals surface area (Å²) in [6, 6.07) is 3.19. The first kappa shape index (κ1) is 17.5. The van der Waals surface area contributed by atoms with Crippen molar-refractivity contribution in [3.05, 3.63) is 25.2 Å². The van der Waals surface area contributed by atoms with E-state index in [0.29, 0.717) is 15.2 Å². The summed E-state index contributed by atoms with van der Waals surface area (Å²) in [5.74, 6) is -0.0319. The third kappa shape index (κ3) is 5.84. The molecule has 1 aromatic rings. The van der Waals surface area contributed by atoms with Gasteiger partial charge in [0.15, 0.2) is 0 Å². The zero-order valence-corrected chi connectivity index (χ0v) is 15.7. The van der Waals surface area contributed by atoms with E-state index in [-0.39, 0.29) is 11.5 Å². The lowest BCUT2D eigenvalue weighted by Crippen LogP contribution is -2.50. The largest absolute Gasteiger partial charge is 0.369 e. The van der Waals surface area contributed by atoms with Crippen molar-refractivity contribution in [3.8, 4) is 0 Å². The van der Waals surface area contributed by atoms with Gasteiger partial charge in [0.2, 0.25) is 5.96 Å². The molecule has 0 saturated carbocycles. The lowest BCUT2D eigenvalue weighted by atomic mass is 10.1. The van der Waals surface area contributed by atoms with Gasteiger partial charge in [0.1, 0.15) is 0 Å². The Labute approximate surface area is 145 Å². The van der Waals surface area contributed by atoms with E-state index in [1.807, 2.05) is 26.8 Å². The molecule has 20 heavy (non-hydrogen) atoms. The summed E-state index contributed by atoms with van der Waals surface area (Å²) in [6.45, 7) is 5.60. The lowest BCUT2D eigenvalue weighted by molar-refractivity contribution is 0.236. The highest BCUT2D eigenvalue weighted by molar-refractivity contribution is 14.1. The minimum Gasteiger partial charge on any atom is -0.369 e. The Morgan fingerprint density at radius 3 is 2.55 bits per heavy atom. The molecule has 1 rings (SSSR count). The van der Waals surface area contributed by atoms with Crippen LogP contribution in [0.25, 0.3) is 0 Å². The first-order chi connectivity index (χ1) is 9.08. The van der Waals surface area contributed by atoms with Crippen molar-refractivity contribution in [2.75, 3.05) is 0 Å². The highest BCUT2D eigenvalue weighted by atomic mass is 127. The van der Waals surface area contributed by atoms with Gasteiger partial charge in [0, 0.05) is 13.6 Å². The summed E-state index contributed by atoms with van der Waals surface area (Å²) in [4.78, 5) is 15.8. The van der Waals surface area contributed by atoms with Crippen molar-refractivity contribution in [2.24, 2.45) is 10.7 Å². The van der Waals surface area contributed by atoms with Gasteiger partial charge in [-0.25, -0.2) is 9.79 Å². The number of carbonyl (C=O) groups excluding carboxylic acids is 1. The molecule has 1 aromatic carbocycles. The van der Waals surface area contributed by atoms with Gasteiger partial charge in [-0.1, -0.05) is 11.6 Å². The number of halogens is 3. The summed E-state index contributed by atoms with van der Waals surface area (Å²) >= 11 is 11.6. The second-order valence-electron chi connectivity index (χ2n) is 5.04. The van der Waals surface area contributed by atoms with Crippen LogP contribution < -0.4 is 16.4 Å². The third-order valence-electron chi connectivity index (χ3n) is 1.94. The van der Waals surface area contributed by atoms with Crippen LogP contribution in [-0.2, 0) is 0 Å². The molecule has 0 aliphatic rings. The molecule has 0 aliphatic heterocycles. The summed E-state index contributed by atoms with van der Waals surface area (Å²) in [6.07, 6.45) is 0. The van der Waals surface area contributed by atoms with E-state index in [0.717, 1.165) is 3.57 Å². The molecule has 0 radical (unpaired) electrons. The van der Waals surface area contributed by atoms with Gasteiger partial charge in [-0.2, -0.15) is 0 Å². The Morgan fingerprint density at radius 1 is 1.45 bits per heavy atom. The predicted octanol–water partition coefficient (Wildman–Crippen LogP) is 3.75. The van der Waals surface area contributed by atoms with Crippen LogP contribution in [0.1, 0.15) is 20.8 Å². The van der Waals surface area contributed by atoms with E-state index in [1.54, 1.807) is 6.07 Å². The molecule has 0 atom stereocenters. The highest BCUT2D eigenvalue weighted by Gasteiger charge is 2.14. The van der Waals surface area contributed by atoms with Gasteiger partial charge in [-0.15, -0.1) is 0 Å². The second kappa shape index (κ2) is 6.95. The van der Waals surface area contributed by atoms with Crippen LogP contribution in [0.3, 0.4) is 0 Å². The average Bonchev–Trinajstić information content (AvgIpc) is 2.20. The van der Waals surface area contributed by atoms with Gasteiger partial charge in [0.25, 0.3) is 0 Å². The second-order valence-corrected chi connectivity index (χ2v) is 7.55. The number of hydrogen-bond acceptors (Lipinski definition) is 2. The SMILES string of the molecule is CC(C)(C)NC(=O)NC(N)=Nc1c(Cl)cc(I)cc1Br. The number of nitrogens with zero attached hydrogens (tertiary/aromatic N) is 1. The molecule has 0 saturated heterocycles. The third-order valence-corrected chi connectivity index (χ3v) is 3.46. The Morgan fingerprint density at radius 2 is 2.05 bits per heavy atom. The Hall–Kier alpha value is -0.540. The van der Waals surface area contributed by atoms with Crippen molar-refractivity contribution < 1.29 is 4.79 Å². The van der Waals surface area contributed by atoms with E-state index in [4.69, 9.17) is 17.3 Å².